The minimum absolute atomic E-state index is 0.203. The summed E-state index contributed by atoms with van der Waals surface area (Å²) in [5.41, 5.74) is 2.09. The Balaban J connectivity index is 1.34. The van der Waals surface area contributed by atoms with Gasteiger partial charge in [-0.05, 0) is 50.8 Å². The maximum absolute atomic E-state index is 13.3. The van der Waals surface area contributed by atoms with E-state index >= 15 is 0 Å². The zero-order valence-electron chi connectivity index (χ0n) is 16.6. The summed E-state index contributed by atoms with van der Waals surface area (Å²) in [6.45, 7) is 5.20. The summed E-state index contributed by atoms with van der Waals surface area (Å²) in [7, 11) is 2.06. The number of hydrogen-bond acceptors (Lipinski definition) is 3. The number of hydrogen-bond donors (Lipinski definition) is 0. The molecule has 146 valence electrons. The SMILES string of the molecule is CN(CC(=O)N1CCN(C(=O)C2(C)CCc3ccccc32)CC1)C1CCC1. The molecular formula is C22H31N3O2. The van der Waals surface area contributed by atoms with Crippen LogP contribution in [-0.4, -0.2) is 72.3 Å². The van der Waals surface area contributed by atoms with Crippen molar-refractivity contribution >= 4 is 11.8 Å². The zero-order chi connectivity index (χ0) is 19.0. The minimum Gasteiger partial charge on any atom is -0.338 e. The lowest BCUT2D eigenvalue weighted by atomic mass is 9.82. The number of fused-ring (bicyclic) bond motifs is 1. The van der Waals surface area contributed by atoms with Crippen molar-refractivity contribution in [2.24, 2.45) is 0 Å². The number of rotatable bonds is 4. The molecule has 1 saturated heterocycles. The zero-order valence-corrected chi connectivity index (χ0v) is 16.6. The van der Waals surface area contributed by atoms with Crippen LogP contribution < -0.4 is 0 Å². The number of nitrogens with zero attached hydrogens (tertiary/aromatic N) is 3. The van der Waals surface area contributed by atoms with Gasteiger partial charge in [0.1, 0.15) is 0 Å². The van der Waals surface area contributed by atoms with Gasteiger partial charge < -0.3 is 9.80 Å². The van der Waals surface area contributed by atoms with Crippen molar-refractivity contribution in [3.8, 4) is 0 Å². The van der Waals surface area contributed by atoms with Gasteiger partial charge >= 0.3 is 0 Å². The molecule has 0 bridgehead atoms. The fourth-order valence-corrected chi connectivity index (χ4v) is 4.80. The van der Waals surface area contributed by atoms with E-state index in [9.17, 15) is 9.59 Å². The molecule has 2 aliphatic carbocycles. The molecule has 0 N–H and O–H groups in total. The fraction of sp³-hybridized carbons (Fsp3) is 0.636. The van der Waals surface area contributed by atoms with Gasteiger partial charge in [-0.2, -0.15) is 0 Å². The number of aryl methyl sites for hydroxylation is 1. The van der Waals surface area contributed by atoms with E-state index in [1.807, 2.05) is 15.9 Å². The van der Waals surface area contributed by atoms with Crippen LogP contribution in [0, 0.1) is 0 Å². The highest BCUT2D eigenvalue weighted by atomic mass is 16.2. The first-order chi connectivity index (χ1) is 13.0. The molecule has 1 aromatic carbocycles. The molecule has 0 aromatic heterocycles. The molecule has 2 amide bonds. The molecule has 3 aliphatic rings. The third-order valence-electron chi connectivity index (χ3n) is 6.98. The fourth-order valence-electron chi connectivity index (χ4n) is 4.80. The van der Waals surface area contributed by atoms with E-state index < -0.39 is 5.41 Å². The minimum atomic E-state index is -0.410. The third-order valence-corrected chi connectivity index (χ3v) is 6.98. The number of amides is 2. The summed E-state index contributed by atoms with van der Waals surface area (Å²) in [5, 5.41) is 0. The van der Waals surface area contributed by atoms with Gasteiger partial charge in [0.15, 0.2) is 0 Å². The van der Waals surface area contributed by atoms with Crippen molar-refractivity contribution < 1.29 is 9.59 Å². The van der Waals surface area contributed by atoms with Crippen LogP contribution in [0.4, 0.5) is 0 Å². The molecular weight excluding hydrogens is 338 g/mol. The molecule has 1 heterocycles. The molecule has 2 fully saturated rings. The lowest BCUT2D eigenvalue weighted by Gasteiger charge is -2.40. The van der Waals surface area contributed by atoms with E-state index in [4.69, 9.17) is 0 Å². The Morgan fingerprint density at radius 3 is 2.44 bits per heavy atom. The van der Waals surface area contributed by atoms with E-state index in [2.05, 4.69) is 37.1 Å². The Bertz CT molecular complexity index is 722. The first kappa shape index (κ1) is 18.5. The highest BCUT2D eigenvalue weighted by molar-refractivity contribution is 5.89. The monoisotopic (exact) mass is 369 g/mol. The molecule has 1 aromatic rings. The molecule has 5 heteroatoms. The van der Waals surface area contributed by atoms with E-state index in [1.54, 1.807) is 0 Å². The van der Waals surface area contributed by atoms with Gasteiger partial charge in [0, 0.05) is 32.2 Å². The van der Waals surface area contributed by atoms with Crippen LogP contribution in [0.25, 0.3) is 0 Å². The average Bonchev–Trinajstić information content (AvgIpc) is 2.98. The Morgan fingerprint density at radius 1 is 1.11 bits per heavy atom. The first-order valence-electron chi connectivity index (χ1n) is 10.3. The predicted molar refractivity (Wildman–Crippen MR) is 106 cm³/mol. The quantitative estimate of drug-likeness (QED) is 0.816. The lowest BCUT2D eigenvalue weighted by Crippen LogP contribution is -2.56. The van der Waals surface area contributed by atoms with Gasteiger partial charge in [0.25, 0.3) is 0 Å². The summed E-state index contributed by atoms with van der Waals surface area (Å²) in [4.78, 5) is 32.0. The average molecular weight is 370 g/mol. The molecule has 27 heavy (non-hydrogen) atoms. The van der Waals surface area contributed by atoms with Crippen molar-refractivity contribution in [2.45, 2.75) is 50.5 Å². The number of benzene rings is 1. The van der Waals surface area contributed by atoms with Gasteiger partial charge in [-0.3, -0.25) is 14.5 Å². The van der Waals surface area contributed by atoms with Crippen LogP contribution in [0.3, 0.4) is 0 Å². The highest BCUT2D eigenvalue weighted by Gasteiger charge is 2.43. The van der Waals surface area contributed by atoms with Gasteiger partial charge in [-0.1, -0.05) is 30.7 Å². The number of likely N-dealkylation sites (N-methyl/N-ethyl adjacent to an activating group) is 1. The molecule has 0 radical (unpaired) electrons. The predicted octanol–water partition coefficient (Wildman–Crippen LogP) is 2.05. The summed E-state index contributed by atoms with van der Waals surface area (Å²) in [6, 6.07) is 8.92. The van der Waals surface area contributed by atoms with Gasteiger partial charge in [-0.25, -0.2) is 0 Å². The lowest BCUT2D eigenvalue weighted by molar-refractivity contribution is -0.143. The molecule has 5 nitrogen and oxygen atoms in total. The van der Waals surface area contributed by atoms with Crippen molar-refractivity contribution in [1.29, 1.82) is 0 Å². The van der Waals surface area contributed by atoms with Crippen molar-refractivity contribution in [3.05, 3.63) is 35.4 Å². The topological polar surface area (TPSA) is 43.9 Å². The molecule has 4 rings (SSSR count). The van der Waals surface area contributed by atoms with E-state index in [1.165, 1.54) is 30.4 Å². The van der Waals surface area contributed by atoms with E-state index in [-0.39, 0.29) is 11.8 Å². The molecule has 1 aliphatic heterocycles. The maximum Gasteiger partial charge on any atom is 0.236 e. The Hall–Kier alpha value is -1.88. The highest BCUT2D eigenvalue weighted by Crippen LogP contribution is 2.40. The first-order valence-corrected chi connectivity index (χ1v) is 10.3. The van der Waals surface area contributed by atoms with Crippen LogP contribution >= 0.6 is 0 Å². The van der Waals surface area contributed by atoms with E-state index in [0.29, 0.717) is 38.8 Å². The second-order valence-corrected chi connectivity index (χ2v) is 8.66. The van der Waals surface area contributed by atoms with Crippen LogP contribution in [0.1, 0.15) is 43.7 Å². The molecule has 1 unspecified atom stereocenters. The number of piperazine rings is 1. The largest absolute Gasteiger partial charge is 0.338 e. The second-order valence-electron chi connectivity index (χ2n) is 8.66. The number of carbonyl (C=O) groups is 2. The molecule has 0 spiro atoms. The van der Waals surface area contributed by atoms with Crippen LogP contribution in [-0.2, 0) is 21.4 Å². The van der Waals surface area contributed by atoms with Crippen molar-refractivity contribution in [3.63, 3.8) is 0 Å². The Kier molecular flexibility index (Phi) is 4.97. The van der Waals surface area contributed by atoms with Gasteiger partial charge in [0.2, 0.25) is 11.8 Å². The second kappa shape index (κ2) is 7.27. The van der Waals surface area contributed by atoms with Crippen LogP contribution in [0.15, 0.2) is 24.3 Å². The maximum atomic E-state index is 13.3. The summed E-state index contributed by atoms with van der Waals surface area (Å²) >= 11 is 0. The van der Waals surface area contributed by atoms with Crippen LogP contribution in [0.5, 0.6) is 0 Å². The molecule has 1 atom stereocenters. The van der Waals surface area contributed by atoms with Gasteiger partial charge in [0.05, 0.1) is 12.0 Å². The Morgan fingerprint density at radius 2 is 1.78 bits per heavy atom. The summed E-state index contributed by atoms with van der Waals surface area (Å²) in [6.07, 6.45) is 5.57. The van der Waals surface area contributed by atoms with Crippen molar-refractivity contribution in [2.75, 3.05) is 39.8 Å². The summed E-state index contributed by atoms with van der Waals surface area (Å²) in [5.74, 6) is 0.431. The standard InChI is InChI=1S/C22H31N3O2/c1-22(11-10-17-6-3-4-9-19(17)22)21(27)25-14-12-24(13-15-25)20(26)16-23(2)18-7-5-8-18/h3-4,6,9,18H,5,7-8,10-16H2,1-2H3. The molecule has 1 saturated carbocycles. The van der Waals surface area contributed by atoms with Crippen LogP contribution in [0.2, 0.25) is 0 Å². The normalized spacial score (nSPS) is 25.4. The summed E-state index contributed by atoms with van der Waals surface area (Å²) < 4.78 is 0. The van der Waals surface area contributed by atoms with E-state index in [0.717, 1.165) is 12.8 Å². The smallest absolute Gasteiger partial charge is 0.236 e. The van der Waals surface area contributed by atoms with Gasteiger partial charge in [-0.15, -0.1) is 0 Å². The Labute approximate surface area is 162 Å². The third kappa shape index (κ3) is 3.38. The van der Waals surface area contributed by atoms with Crippen molar-refractivity contribution in [1.82, 2.24) is 14.7 Å². The number of carbonyl (C=O) groups excluding carboxylic acids is 2.